The monoisotopic (exact) mass is 316 g/mol. The molecule has 0 atom stereocenters. The van der Waals surface area contributed by atoms with E-state index < -0.39 is 0 Å². The van der Waals surface area contributed by atoms with Gasteiger partial charge >= 0.3 is 0 Å². The third kappa shape index (κ3) is 2.83. The van der Waals surface area contributed by atoms with Gasteiger partial charge in [-0.2, -0.15) is 4.98 Å². The molecule has 3 N–H and O–H groups in total. The Balaban J connectivity index is 2.31. The van der Waals surface area contributed by atoms with Crippen molar-refractivity contribution in [3.63, 3.8) is 0 Å². The number of hydrogen-bond donors (Lipinski definition) is 2. The first-order valence-electron chi connectivity index (χ1n) is 4.56. The second-order valence-electron chi connectivity index (χ2n) is 3.20. The van der Waals surface area contributed by atoms with E-state index >= 15 is 0 Å². The lowest BCUT2D eigenvalue weighted by Gasteiger charge is -2.08. The lowest BCUT2D eigenvalue weighted by atomic mass is 10.3. The number of aromatic nitrogens is 2. The van der Waals surface area contributed by atoms with Crippen LogP contribution in [0.5, 0.6) is 0 Å². The van der Waals surface area contributed by atoms with Crippen LogP contribution in [-0.2, 0) is 0 Å². The number of nitrogen functional groups attached to an aromatic ring is 1. The van der Waals surface area contributed by atoms with E-state index in [9.17, 15) is 4.39 Å². The first-order valence-corrected chi connectivity index (χ1v) is 5.73. The van der Waals surface area contributed by atoms with Crippen LogP contribution in [0.2, 0.25) is 5.28 Å². The van der Waals surface area contributed by atoms with Gasteiger partial charge in [-0.1, -0.05) is 0 Å². The highest BCUT2D eigenvalue weighted by atomic mass is 79.9. The summed E-state index contributed by atoms with van der Waals surface area (Å²) in [7, 11) is 0. The van der Waals surface area contributed by atoms with Crippen LogP contribution in [0, 0.1) is 5.82 Å². The van der Waals surface area contributed by atoms with E-state index in [1.807, 2.05) is 0 Å². The van der Waals surface area contributed by atoms with Gasteiger partial charge < -0.3 is 11.1 Å². The van der Waals surface area contributed by atoms with E-state index in [4.69, 9.17) is 17.3 Å². The molecule has 1 aromatic carbocycles. The molecule has 1 aromatic heterocycles. The van der Waals surface area contributed by atoms with Crippen LogP contribution in [0.1, 0.15) is 0 Å². The Bertz CT molecular complexity index is 564. The topological polar surface area (TPSA) is 63.8 Å². The summed E-state index contributed by atoms with van der Waals surface area (Å²) in [6, 6.07) is 4.46. The van der Waals surface area contributed by atoms with Crippen molar-refractivity contribution in [2.75, 3.05) is 11.1 Å². The zero-order valence-electron chi connectivity index (χ0n) is 8.42. The molecule has 0 saturated carbocycles. The van der Waals surface area contributed by atoms with E-state index in [0.29, 0.717) is 21.7 Å². The summed E-state index contributed by atoms with van der Waals surface area (Å²) in [6.07, 6.45) is 1.40. The van der Waals surface area contributed by atoms with Crippen molar-refractivity contribution < 1.29 is 4.39 Å². The number of nitrogens with one attached hydrogen (secondary N) is 1. The molecule has 4 nitrogen and oxygen atoms in total. The average molecular weight is 318 g/mol. The van der Waals surface area contributed by atoms with Crippen LogP contribution >= 0.6 is 27.5 Å². The summed E-state index contributed by atoms with van der Waals surface area (Å²) in [5, 5.41) is 3.01. The molecule has 0 saturated heterocycles. The average Bonchev–Trinajstić information content (AvgIpc) is 2.29. The minimum absolute atomic E-state index is 0.0860. The number of rotatable bonds is 2. The van der Waals surface area contributed by atoms with Gasteiger partial charge in [0.15, 0.2) is 5.82 Å². The molecule has 0 aliphatic carbocycles. The normalized spacial score (nSPS) is 10.3. The molecular formula is C10H7BrClFN4. The fourth-order valence-electron chi connectivity index (χ4n) is 1.18. The SMILES string of the molecule is Nc1cnc(Cl)nc1Nc1ccc(F)c(Br)c1. The fraction of sp³-hybridized carbons (Fsp3) is 0. The number of anilines is 3. The van der Waals surface area contributed by atoms with Crippen LogP contribution in [0.3, 0.4) is 0 Å². The molecular weight excluding hydrogens is 310 g/mol. The second-order valence-corrected chi connectivity index (χ2v) is 4.39. The van der Waals surface area contributed by atoms with Gasteiger partial charge in [0, 0.05) is 5.69 Å². The predicted octanol–water partition coefficient (Wildman–Crippen LogP) is 3.36. The first-order chi connectivity index (χ1) is 8.06. The van der Waals surface area contributed by atoms with Crippen molar-refractivity contribution >= 4 is 44.7 Å². The number of benzene rings is 1. The standard InChI is InChI=1S/C10H7BrClFN4/c11-6-3-5(1-2-7(6)13)16-9-8(14)4-15-10(12)17-9/h1-4H,14H2,(H,15,16,17). The van der Waals surface area contributed by atoms with Gasteiger partial charge in [-0.25, -0.2) is 9.37 Å². The van der Waals surface area contributed by atoms with Crippen LogP contribution in [-0.4, -0.2) is 9.97 Å². The summed E-state index contributed by atoms with van der Waals surface area (Å²) in [6.45, 7) is 0. The van der Waals surface area contributed by atoms with Crippen LogP contribution in [0.4, 0.5) is 21.6 Å². The molecule has 0 amide bonds. The molecule has 1 heterocycles. The minimum atomic E-state index is -0.343. The first kappa shape index (κ1) is 12.1. The molecule has 7 heteroatoms. The maximum atomic E-state index is 13.0. The van der Waals surface area contributed by atoms with E-state index in [1.165, 1.54) is 12.3 Å². The van der Waals surface area contributed by atoms with E-state index in [0.717, 1.165) is 0 Å². The Morgan fingerprint density at radius 3 is 2.88 bits per heavy atom. The summed E-state index contributed by atoms with van der Waals surface area (Å²) in [5.74, 6) is 0.0350. The molecule has 0 spiro atoms. The number of nitrogens with zero attached hydrogens (tertiary/aromatic N) is 2. The zero-order chi connectivity index (χ0) is 12.4. The van der Waals surface area contributed by atoms with Crippen molar-refractivity contribution in [1.29, 1.82) is 0 Å². The number of nitrogens with two attached hydrogens (primary N) is 1. The summed E-state index contributed by atoms with van der Waals surface area (Å²) < 4.78 is 13.4. The Kier molecular flexibility index (Phi) is 3.44. The number of halogens is 3. The molecule has 2 rings (SSSR count). The molecule has 2 aromatic rings. The Morgan fingerprint density at radius 2 is 2.18 bits per heavy atom. The van der Waals surface area contributed by atoms with Gasteiger partial charge in [0.25, 0.3) is 0 Å². The van der Waals surface area contributed by atoms with Gasteiger partial charge in [-0.3, -0.25) is 0 Å². The van der Waals surface area contributed by atoms with Gasteiger partial charge in [-0.05, 0) is 45.7 Å². The van der Waals surface area contributed by atoms with Gasteiger partial charge in [0.1, 0.15) is 5.82 Å². The largest absolute Gasteiger partial charge is 0.394 e. The smallest absolute Gasteiger partial charge is 0.224 e. The van der Waals surface area contributed by atoms with E-state index in [-0.39, 0.29) is 11.1 Å². The van der Waals surface area contributed by atoms with Gasteiger partial charge in [0.2, 0.25) is 5.28 Å². The Hall–Kier alpha value is -1.40. The van der Waals surface area contributed by atoms with E-state index in [2.05, 4.69) is 31.2 Å². The molecule has 17 heavy (non-hydrogen) atoms. The van der Waals surface area contributed by atoms with E-state index in [1.54, 1.807) is 12.1 Å². The van der Waals surface area contributed by atoms with Crippen LogP contribution in [0.15, 0.2) is 28.9 Å². The highest BCUT2D eigenvalue weighted by Gasteiger charge is 2.05. The maximum absolute atomic E-state index is 13.0. The lowest BCUT2D eigenvalue weighted by Crippen LogP contribution is -2.00. The maximum Gasteiger partial charge on any atom is 0.224 e. The summed E-state index contributed by atoms with van der Waals surface area (Å²) >= 11 is 8.74. The minimum Gasteiger partial charge on any atom is -0.394 e. The van der Waals surface area contributed by atoms with Crippen LogP contribution in [0.25, 0.3) is 0 Å². The second kappa shape index (κ2) is 4.85. The van der Waals surface area contributed by atoms with Gasteiger partial charge in [0.05, 0.1) is 16.4 Å². The predicted molar refractivity (Wildman–Crippen MR) is 68.8 cm³/mol. The molecule has 88 valence electrons. The zero-order valence-corrected chi connectivity index (χ0v) is 10.8. The molecule has 0 radical (unpaired) electrons. The Labute approximate surface area is 110 Å². The van der Waals surface area contributed by atoms with Crippen LogP contribution < -0.4 is 11.1 Å². The van der Waals surface area contributed by atoms with Crippen molar-refractivity contribution in [2.24, 2.45) is 0 Å². The summed E-state index contributed by atoms with van der Waals surface area (Å²) in [4.78, 5) is 7.66. The molecule has 0 aliphatic heterocycles. The van der Waals surface area contributed by atoms with Crippen molar-refractivity contribution in [3.8, 4) is 0 Å². The molecule has 0 unspecified atom stereocenters. The molecule has 0 bridgehead atoms. The highest BCUT2D eigenvalue weighted by molar-refractivity contribution is 9.10. The highest BCUT2D eigenvalue weighted by Crippen LogP contribution is 2.25. The quantitative estimate of drug-likeness (QED) is 0.834. The number of hydrogen-bond acceptors (Lipinski definition) is 4. The Morgan fingerprint density at radius 1 is 1.41 bits per heavy atom. The van der Waals surface area contributed by atoms with Crippen molar-refractivity contribution in [3.05, 3.63) is 40.0 Å². The van der Waals surface area contributed by atoms with Gasteiger partial charge in [-0.15, -0.1) is 0 Å². The van der Waals surface area contributed by atoms with Crippen molar-refractivity contribution in [1.82, 2.24) is 9.97 Å². The lowest BCUT2D eigenvalue weighted by molar-refractivity contribution is 0.621. The summed E-state index contributed by atoms with van der Waals surface area (Å²) in [5.41, 5.74) is 6.67. The molecule has 0 fully saturated rings. The molecule has 0 aliphatic rings. The third-order valence-corrected chi connectivity index (χ3v) is 2.76. The van der Waals surface area contributed by atoms with Crippen molar-refractivity contribution in [2.45, 2.75) is 0 Å². The third-order valence-electron chi connectivity index (χ3n) is 1.97. The fourth-order valence-corrected chi connectivity index (χ4v) is 1.69.